The summed E-state index contributed by atoms with van der Waals surface area (Å²) in [4.78, 5) is 18.1. The standard InChI is InChI=1S/C20H18Cl2N2O3S/c1-9-6-12(21)15(26-2)8-14(9)24-19(25)11-7-13(22)18(27-3)16(10-4-5-10)17(11)23-20(24)28/h6-8,10H,4-5H2,1-3H3,(H,23,28). The van der Waals surface area contributed by atoms with Gasteiger partial charge in [0.1, 0.15) is 11.5 Å². The molecule has 5 nitrogen and oxygen atoms in total. The maximum Gasteiger partial charge on any atom is 0.266 e. The van der Waals surface area contributed by atoms with Crippen molar-refractivity contribution < 1.29 is 9.47 Å². The number of methoxy groups -OCH3 is 2. The van der Waals surface area contributed by atoms with Gasteiger partial charge in [0.2, 0.25) is 0 Å². The molecule has 1 heterocycles. The predicted molar refractivity (Wildman–Crippen MR) is 114 cm³/mol. The Labute approximate surface area is 177 Å². The lowest BCUT2D eigenvalue weighted by atomic mass is 10.0. The van der Waals surface area contributed by atoms with Crippen LogP contribution in [0.4, 0.5) is 0 Å². The molecule has 1 fully saturated rings. The Morgan fingerprint density at radius 2 is 1.86 bits per heavy atom. The monoisotopic (exact) mass is 436 g/mol. The molecule has 0 spiro atoms. The van der Waals surface area contributed by atoms with Crippen LogP contribution in [-0.4, -0.2) is 23.8 Å². The second-order valence-electron chi connectivity index (χ2n) is 6.80. The number of aryl methyl sites for hydroxylation is 1. The first-order valence-electron chi connectivity index (χ1n) is 8.74. The van der Waals surface area contributed by atoms with Gasteiger partial charge in [0.05, 0.1) is 40.9 Å². The van der Waals surface area contributed by atoms with Gasteiger partial charge in [-0.2, -0.15) is 0 Å². The van der Waals surface area contributed by atoms with Crippen molar-refractivity contribution >= 4 is 46.7 Å². The van der Waals surface area contributed by atoms with E-state index in [0.29, 0.717) is 44.1 Å². The van der Waals surface area contributed by atoms with E-state index in [0.717, 1.165) is 24.0 Å². The Hall–Kier alpha value is -1.89. The Balaban J connectivity index is 2.07. The Morgan fingerprint density at radius 1 is 1.14 bits per heavy atom. The number of thiol groups is 1. The van der Waals surface area contributed by atoms with Crippen molar-refractivity contribution in [1.29, 1.82) is 0 Å². The molecule has 1 aromatic heterocycles. The minimum absolute atomic E-state index is 0.256. The Kier molecular flexibility index (Phi) is 4.98. The second-order valence-corrected chi connectivity index (χ2v) is 8.02. The number of rotatable bonds is 4. The minimum Gasteiger partial charge on any atom is -0.495 e. The second kappa shape index (κ2) is 7.17. The van der Waals surface area contributed by atoms with Crippen LogP contribution < -0.4 is 15.0 Å². The fourth-order valence-electron chi connectivity index (χ4n) is 3.50. The lowest BCUT2D eigenvalue weighted by molar-refractivity contribution is 0.410. The number of nitrogens with zero attached hydrogens (tertiary/aromatic N) is 2. The zero-order valence-electron chi connectivity index (χ0n) is 15.5. The van der Waals surface area contributed by atoms with E-state index in [4.69, 9.17) is 32.7 Å². The summed E-state index contributed by atoms with van der Waals surface area (Å²) in [5.41, 5.74) is 2.62. The quantitative estimate of drug-likeness (QED) is 0.451. The van der Waals surface area contributed by atoms with E-state index >= 15 is 0 Å². The normalized spacial score (nSPS) is 13.8. The van der Waals surface area contributed by atoms with Crippen LogP contribution in [0.5, 0.6) is 11.5 Å². The largest absolute Gasteiger partial charge is 0.495 e. The van der Waals surface area contributed by atoms with Crippen LogP contribution in [0, 0.1) is 6.92 Å². The van der Waals surface area contributed by atoms with E-state index in [1.165, 1.54) is 11.7 Å². The molecule has 0 N–H and O–H groups in total. The lowest BCUT2D eigenvalue weighted by Crippen LogP contribution is -2.22. The van der Waals surface area contributed by atoms with Gasteiger partial charge in [-0.05, 0) is 43.4 Å². The summed E-state index contributed by atoms with van der Waals surface area (Å²) >= 11 is 17.2. The summed E-state index contributed by atoms with van der Waals surface area (Å²) in [6.45, 7) is 1.86. The smallest absolute Gasteiger partial charge is 0.266 e. The van der Waals surface area contributed by atoms with Gasteiger partial charge >= 0.3 is 0 Å². The van der Waals surface area contributed by atoms with E-state index in [-0.39, 0.29) is 10.7 Å². The fourth-order valence-corrected chi connectivity index (χ4v) is 4.38. The molecule has 4 rings (SSSR count). The van der Waals surface area contributed by atoms with Gasteiger partial charge in [-0.1, -0.05) is 23.2 Å². The Morgan fingerprint density at radius 3 is 2.46 bits per heavy atom. The molecule has 146 valence electrons. The first-order chi connectivity index (χ1) is 13.4. The lowest BCUT2D eigenvalue weighted by Gasteiger charge is -2.17. The van der Waals surface area contributed by atoms with Crippen molar-refractivity contribution in [3.8, 4) is 17.2 Å². The van der Waals surface area contributed by atoms with Crippen molar-refractivity contribution in [3.63, 3.8) is 0 Å². The highest BCUT2D eigenvalue weighted by molar-refractivity contribution is 7.80. The zero-order valence-corrected chi connectivity index (χ0v) is 18.0. The van der Waals surface area contributed by atoms with Crippen LogP contribution in [-0.2, 0) is 0 Å². The highest BCUT2D eigenvalue weighted by Crippen LogP contribution is 2.49. The molecule has 2 aromatic carbocycles. The average molecular weight is 437 g/mol. The van der Waals surface area contributed by atoms with Crippen LogP contribution in [0.2, 0.25) is 10.0 Å². The number of ether oxygens (including phenoxy) is 2. The topological polar surface area (TPSA) is 53.4 Å². The number of fused-ring (bicyclic) bond motifs is 1. The van der Waals surface area contributed by atoms with Crippen LogP contribution in [0.1, 0.15) is 29.9 Å². The molecule has 3 aromatic rings. The summed E-state index contributed by atoms with van der Waals surface area (Å²) in [6, 6.07) is 5.07. The van der Waals surface area contributed by atoms with Crippen LogP contribution in [0.25, 0.3) is 16.6 Å². The summed E-state index contributed by atoms with van der Waals surface area (Å²) in [7, 11) is 3.10. The molecule has 0 saturated heterocycles. The van der Waals surface area contributed by atoms with E-state index in [9.17, 15) is 4.79 Å². The molecule has 1 saturated carbocycles. The van der Waals surface area contributed by atoms with Gasteiger partial charge in [-0.15, -0.1) is 12.6 Å². The molecule has 0 radical (unpaired) electrons. The third-order valence-corrected chi connectivity index (χ3v) is 5.87. The van der Waals surface area contributed by atoms with Crippen molar-refractivity contribution in [3.05, 3.63) is 49.7 Å². The summed E-state index contributed by atoms with van der Waals surface area (Å²) < 4.78 is 12.3. The molecule has 0 atom stereocenters. The molecule has 8 heteroatoms. The maximum absolute atomic E-state index is 13.4. The molecular formula is C20H18Cl2N2O3S. The van der Waals surface area contributed by atoms with Crippen LogP contribution >= 0.6 is 35.8 Å². The summed E-state index contributed by atoms with van der Waals surface area (Å²) in [6.07, 6.45) is 2.04. The van der Waals surface area contributed by atoms with Gasteiger partial charge in [0, 0.05) is 11.6 Å². The first-order valence-corrected chi connectivity index (χ1v) is 9.94. The molecule has 0 aliphatic heterocycles. The van der Waals surface area contributed by atoms with E-state index < -0.39 is 0 Å². The highest BCUT2D eigenvalue weighted by atomic mass is 35.5. The summed E-state index contributed by atoms with van der Waals surface area (Å²) in [5.74, 6) is 1.34. The molecule has 28 heavy (non-hydrogen) atoms. The molecule has 0 bridgehead atoms. The number of benzene rings is 2. The third kappa shape index (κ3) is 3.04. The molecular weight excluding hydrogens is 419 g/mol. The first kappa shape index (κ1) is 19.4. The number of aromatic nitrogens is 2. The van der Waals surface area contributed by atoms with E-state index in [2.05, 4.69) is 17.6 Å². The van der Waals surface area contributed by atoms with E-state index in [1.807, 2.05) is 6.92 Å². The maximum atomic E-state index is 13.4. The predicted octanol–water partition coefficient (Wildman–Crippen LogP) is 5.18. The SMILES string of the molecule is COc1cc(-n2c(S)nc3c(C4CC4)c(OC)c(Cl)cc3c2=O)c(C)cc1Cl. The number of halogens is 2. The van der Waals surface area contributed by atoms with Gasteiger partial charge in [0.25, 0.3) is 5.56 Å². The highest BCUT2D eigenvalue weighted by Gasteiger charge is 2.32. The van der Waals surface area contributed by atoms with Gasteiger partial charge in [0.15, 0.2) is 5.16 Å². The molecule has 0 unspecified atom stereocenters. The number of hydrogen-bond acceptors (Lipinski definition) is 5. The summed E-state index contributed by atoms with van der Waals surface area (Å²) in [5, 5.41) is 1.57. The third-order valence-electron chi connectivity index (χ3n) is 4.99. The van der Waals surface area contributed by atoms with Crippen LogP contribution in [0.3, 0.4) is 0 Å². The average Bonchev–Trinajstić information content (AvgIpc) is 3.48. The molecule has 1 aliphatic carbocycles. The minimum atomic E-state index is -0.256. The van der Waals surface area contributed by atoms with Crippen molar-refractivity contribution in [1.82, 2.24) is 9.55 Å². The van der Waals surface area contributed by atoms with Gasteiger partial charge in [-0.3, -0.25) is 9.36 Å². The van der Waals surface area contributed by atoms with Crippen molar-refractivity contribution in [2.24, 2.45) is 0 Å². The number of hydrogen-bond donors (Lipinski definition) is 1. The van der Waals surface area contributed by atoms with Gasteiger partial charge in [-0.25, -0.2) is 4.98 Å². The fraction of sp³-hybridized carbons (Fsp3) is 0.300. The zero-order chi connectivity index (χ0) is 20.2. The van der Waals surface area contributed by atoms with Crippen molar-refractivity contribution in [2.75, 3.05) is 14.2 Å². The molecule has 1 aliphatic rings. The van der Waals surface area contributed by atoms with Crippen LogP contribution in [0.15, 0.2) is 28.2 Å². The van der Waals surface area contributed by atoms with E-state index in [1.54, 1.807) is 25.3 Å². The Bertz CT molecular complexity index is 1170. The molecule has 0 amide bonds. The van der Waals surface area contributed by atoms with Crippen molar-refractivity contribution in [2.45, 2.75) is 30.8 Å². The van der Waals surface area contributed by atoms with Gasteiger partial charge < -0.3 is 9.47 Å².